The monoisotopic (exact) mass is 669 g/mol. The van der Waals surface area contributed by atoms with Crippen LogP contribution in [0, 0.1) is 29.6 Å². The minimum atomic E-state index is 0.968. The molecule has 0 rings (SSSR count). The molecule has 47 heavy (non-hydrogen) atoms. The highest BCUT2D eigenvalue weighted by atomic mass is 14.1. The van der Waals surface area contributed by atoms with E-state index < -0.39 is 0 Å². The summed E-state index contributed by atoms with van der Waals surface area (Å²) < 4.78 is 0. The van der Waals surface area contributed by atoms with E-state index in [2.05, 4.69) is 104 Å². The Morgan fingerprint density at radius 2 is 0.447 bits per heavy atom. The Labute approximate surface area is 306 Å². The van der Waals surface area contributed by atoms with Gasteiger partial charge in [0.05, 0.1) is 0 Å². The largest absolute Gasteiger partial charge is 0.0654 e. The Bertz CT molecular complexity index is 397. The first-order chi connectivity index (χ1) is 22.6. The van der Waals surface area contributed by atoms with Gasteiger partial charge in [-0.15, -0.1) is 0 Å². The topological polar surface area (TPSA) is 0 Å². The van der Waals surface area contributed by atoms with Crippen LogP contribution in [0.5, 0.6) is 0 Å². The van der Waals surface area contributed by atoms with Crippen molar-refractivity contribution in [1.29, 1.82) is 0 Å². The molecule has 0 bridgehead atoms. The summed E-state index contributed by atoms with van der Waals surface area (Å²) in [6, 6.07) is 0. The van der Waals surface area contributed by atoms with Crippen LogP contribution in [0.4, 0.5) is 0 Å². The number of hydrogen-bond acceptors (Lipinski definition) is 0. The zero-order valence-corrected chi connectivity index (χ0v) is 37.0. The summed E-state index contributed by atoms with van der Waals surface area (Å²) in [5, 5.41) is 0. The van der Waals surface area contributed by atoms with Gasteiger partial charge in [0.1, 0.15) is 0 Å². The van der Waals surface area contributed by atoms with E-state index in [0.717, 1.165) is 29.6 Å². The van der Waals surface area contributed by atoms with Crippen LogP contribution in [-0.4, -0.2) is 0 Å². The third-order valence-corrected chi connectivity index (χ3v) is 9.98. The Morgan fingerprint density at radius 1 is 0.234 bits per heavy atom. The molecule has 0 radical (unpaired) electrons. The average molecular weight is 669 g/mol. The number of rotatable bonds is 27. The van der Waals surface area contributed by atoms with Crippen LogP contribution < -0.4 is 0 Å². The Morgan fingerprint density at radius 3 is 0.617 bits per heavy atom. The highest BCUT2D eigenvalue weighted by Gasteiger charge is 2.03. The molecule has 5 atom stereocenters. The summed E-state index contributed by atoms with van der Waals surface area (Å²) in [4.78, 5) is 0. The van der Waals surface area contributed by atoms with Crippen LogP contribution in [-0.2, 0) is 0 Å². The van der Waals surface area contributed by atoms with Crippen molar-refractivity contribution in [2.24, 2.45) is 29.6 Å². The van der Waals surface area contributed by atoms with E-state index in [-0.39, 0.29) is 0 Å². The van der Waals surface area contributed by atoms with Gasteiger partial charge in [-0.25, -0.2) is 0 Å². The van der Waals surface area contributed by atoms with Crippen molar-refractivity contribution in [2.75, 3.05) is 0 Å². The van der Waals surface area contributed by atoms with Gasteiger partial charge in [0.15, 0.2) is 0 Å². The molecule has 0 aromatic heterocycles. The molecular weight excluding hydrogens is 565 g/mol. The molecule has 0 heteroatoms. The van der Waals surface area contributed by atoms with Crippen LogP contribution in [0.15, 0.2) is 0 Å². The van der Waals surface area contributed by atoms with Crippen molar-refractivity contribution in [3.63, 3.8) is 0 Å². The van der Waals surface area contributed by atoms with Crippen molar-refractivity contribution in [1.82, 2.24) is 0 Å². The van der Waals surface area contributed by atoms with Crippen molar-refractivity contribution < 1.29 is 0 Å². The van der Waals surface area contributed by atoms with E-state index in [1.54, 1.807) is 0 Å². The summed E-state index contributed by atoms with van der Waals surface area (Å²) in [5.74, 6) is 4.94. The van der Waals surface area contributed by atoms with E-state index in [0.29, 0.717) is 0 Å². The molecule has 0 aromatic rings. The van der Waals surface area contributed by atoms with Gasteiger partial charge in [-0.05, 0) is 29.6 Å². The SMILES string of the molecule is CCCCC(C)CCC.CCCCC(C)CCC.CCCCC(C)CCC.CCCCC(CC)CCC.CCCCC(CC)CCC. The molecule has 0 spiro atoms. The van der Waals surface area contributed by atoms with E-state index in [1.165, 1.54) is 173 Å². The molecule has 0 aliphatic carbocycles. The molecular formula is C47H104. The Balaban J connectivity index is -0.000000157. The van der Waals surface area contributed by atoms with Crippen LogP contribution in [0.1, 0.15) is 277 Å². The molecule has 0 saturated carbocycles. The molecule has 292 valence electrons. The summed E-state index contributed by atoms with van der Waals surface area (Å²) in [7, 11) is 0. The first-order valence-electron chi connectivity index (χ1n) is 22.6. The third kappa shape index (κ3) is 58.6. The van der Waals surface area contributed by atoms with Crippen molar-refractivity contribution in [3.8, 4) is 0 Å². The van der Waals surface area contributed by atoms with Crippen LogP contribution in [0.2, 0.25) is 0 Å². The van der Waals surface area contributed by atoms with Gasteiger partial charge in [0, 0.05) is 0 Å². The Hall–Kier alpha value is 0. The van der Waals surface area contributed by atoms with Gasteiger partial charge in [0.2, 0.25) is 0 Å². The normalized spacial score (nSPS) is 13.6. The fraction of sp³-hybridized carbons (Fsp3) is 1.00. The fourth-order valence-electron chi connectivity index (χ4n) is 6.48. The van der Waals surface area contributed by atoms with Gasteiger partial charge in [-0.1, -0.05) is 277 Å². The summed E-state index contributed by atoms with van der Waals surface area (Å²) >= 11 is 0. The van der Waals surface area contributed by atoms with E-state index >= 15 is 0 Å². The standard InChI is InChI=1S/2C10H22.3C9H20/c2*1-4-7-9-10(6-3)8-5-2;3*1-4-6-8-9(3)7-5-2/h2*10H,4-9H2,1-3H3;3*9H,4-8H2,1-3H3. The highest BCUT2D eigenvalue weighted by molar-refractivity contribution is 4.57. The molecule has 0 N–H and O–H groups in total. The third-order valence-electron chi connectivity index (χ3n) is 9.98. The Kier molecular flexibility index (Phi) is 63.3. The van der Waals surface area contributed by atoms with Gasteiger partial charge in [0.25, 0.3) is 0 Å². The fourth-order valence-corrected chi connectivity index (χ4v) is 6.48. The maximum Gasteiger partial charge on any atom is -0.0417 e. The predicted octanol–water partition coefficient (Wildman–Crippen LogP) is 18.8. The van der Waals surface area contributed by atoms with Gasteiger partial charge in [-0.3, -0.25) is 0 Å². The van der Waals surface area contributed by atoms with Gasteiger partial charge < -0.3 is 0 Å². The van der Waals surface area contributed by atoms with Crippen molar-refractivity contribution in [3.05, 3.63) is 0 Å². The second kappa shape index (κ2) is 52.8. The zero-order chi connectivity index (χ0) is 37.0. The maximum absolute atomic E-state index is 2.36. The zero-order valence-electron chi connectivity index (χ0n) is 37.0. The molecule has 0 heterocycles. The summed E-state index contributed by atoms with van der Waals surface area (Å²) in [6.07, 6.45) is 37.8. The molecule has 0 aliphatic rings. The molecule has 5 unspecified atom stereocenters. The predicted molar refractivity (Wildman–Crippen MR) is 227 cm³/mol. The first kappa shape index (κ1) is 56.4. The van der Waals surface area contributed by atoms with E-state index in [4.69, 9.17) is 0 Å². The average Bonchev–Trinajstić information content (AvgIpc) is 3.07. The lowest BCUT2D eigenvalue weighted by atomic mass is 9.95. The van der Waals surface area contributed by atoms with E-state index in [9.17, 15) is 0 Å². The van der Waals surface area contributed by atoms with Gasteiger partial charge >= 0.3 is 0 Å². The highest BCUT2D eigenvalue weighted by Crippen LogP contribution is 2.19. The maximum atomic E-state index is 2.36. The number of hydrogen-bond donors (Lipinski definition) is 0. The van der Waals surface area contributed by atoms with Crippen LogP contribution in [0.3, 0.4) is 0 Å². The minimum absolute atomic E-state index is 0.968. The molecule has 0 nitrogen and oxygen atoms in total. The lowest BCUT2D eigenvalue weighted by Gasteiger charge is -2.11. The lowest BCUT2D eigenvalue weighted by Crippen LogP contribution is -1.97. The summed E-state index contributed by atoms with van der Waals surface area (Å²) in [6.45, 7) is 34.4. The molecule has 0 saturated heterocycles. The van der Waals surface area contributed by atoms with Crippen molar-refractivity contribution >= 4 is 0 Å². The lowest BCUT2D eigenvalue weighted by molar-refractivity contribution is 0.417. The molecule has 0 amide bonds. The van der Waals surface area contributed by atoms with Crippen LogP contribution >= 0.6 is 0 Å². The molecule has 0 fully saturated rings. The quantitative estimate of drug-likeness (QED) is 0.0817. The first-order valence-corrected chi connectivity index (χ1v) is 22.6. The number of unbranched alkanes of at least 4 members (excludes halogenated alkanes) is 5. The summed E-state index contributed by atoms with van der Waals surface area (Å²) in [5.41, 5.74) is 0. The second-order valence-corrected chi connectivity index (χ2v) is 15.5. The van der Waals surface area contributed by atoms with Crippen LogP contribution in [0.25, 0.3) is 0 Å². The van der Waals surface area contributed by atoms with Gasteiger partial charge in [-0.2, -0.15) is 0 Å². The smallest absolute Gasteiger partial charge is 0.0417 e. The van der Waals surface area contributed by atoms with Crippen molar-refractivity contribution in [2.45, 2.75) is 277 Å². The van der Waals surface area contributed by atoms with E-state index in [1.807, 2.05) is 0 Å². The minimum Gasteiger partial charge on any atom is -0.0654 e. The molecule has 0 aromatic carbocycles. The molecule has 0 aliphatic heterocycles. The second-order valence-electron chi connectivity index (χ2n) is 15.5.